The van der Waals surface area contributed by atoms with E-state index < -0.39 is 23.6 Å². The Bertz CT molecular complexity index is 2670. The van der Waals surface area contributed by atoms with Gasteiger partial charge in [-0.3, -0.25) is 44.7 Å². The molecule has 0 saturated carbocycles. The molecule has 0 aliphatic heterocycles. The molecule has 6 aromatic rings. The number of hydrazine groups is 1. The number of carbonyl (C=O) groups is 5. The Balaban J connectivity index is 0.00000142. The third kappa shape index (κ3) is 11.1. The van der Waals surface area contributed by atoms with Crippen LogP contribution in [0.2, 0.25) is 0 Å². The highest BCUT2D eigenvalue weighted by Gasteiger charge is 2.25. The van der Waals surface area contributed by atoms with Crippen molar-refractivity contribution in [2.75, 3.05) is 17.7 Å². The van der Waals surface area contributed by atoms with Crippen LogP contribution < -0.4 is 42.8 Å². The summed E-state index contributed by atoms with van der Waals surface area (Å²) in [6.07, 6.45) is 4.28. The number of nitrogens with zero attached hydrogens (tertiary/aromatic N) is 7. The van der Waals surface area contributed by atoms with Gasteiger partial charge in [-0.2, -0.15) is 5.10 Å². The van der Waals surface area contributed by atoms with Crippen molar-refractivity contribution in [2.24, 2.45) is 23.2 Å². The van der Waals surface area contributed by atoms with Gasteiger partial charge in [0.15, 0.2) is 5.89 Å². The van der Waals surface area contributed by atoms with Crippen LogP contribution in [0, 0.1) is 19.8 Å². The minimum Gasteiger partial charge on any atom is -0.494 e. The fraction of sp³-hybridized carbons (Fsp3) is 0.372. The number of carbonyl (C=O) groups excluding carboxylic acids is 5. The van der Waals surface area contributed by atoms with Crippen molar-refractivity contribution in [3.8, 4) is 11.5 Å². The molecule has 0 bridgehead atoms. The van der Waals surface area contributed by atoms with E-state index in [0.29, 0.717) is 75.9 Å². The van der Waals surface area contributed by atoms with E-state index in [1.165, 1.54) is 19.2 Å². The standard InChI is InChI=1S/C40H47N11O7.C2H6.CH4N2O/c1-9-26-34(58-23(7)43-26)38(55)47-40-44-27-16-24(35(41)52)18-30(56-8)32(27)49(40)13-11-12-14-50-33-28(17-25(36(42)53)19-31(33)57-22(6)20(3)4)45-39(50)46-37(54)29-15-21(5)48-51(29)10-2;1-2;2-3-1-4/h11-12,15-20,22H,9-10,13-14H2,1-8H3,(H2,41,52)(H2,42,53)(H,44,47,55)(H,45,46,54);1-2H3;1H,2H2,(H,3,4)/b12-11+;;. The summed E-state index contributed by atoms with van der Waals surface area (Å²) in [4.78, 5) is 74.6. The fourth-order valence-electron chi connectivity index (χ4n) is 6.41. The Morgan fingerprint density at radius 2 is 1.33 bits per heavy atom. The van der Waals surface area contributed by atoms with Crippen LogP contribution in [0.4, 0.5) is 11.9 Å². The van der Waals surface area contributed by atoms with Crippen LogP contribution in [0.3, 0.4) is 0 Å². The number of oxazole rings is 1. The van der Waals surface area contributed by atoms with Crippen molar-refractivity contribution < 1.29 is 37.9 Å². The third-order valence-electron chi connectivity index (χ3n) is 9.70. The summed E-state index contributed by atoms with van der Waals surface area (Å²) in [6.45, 7) is 17.9. The summed E-state index contributed by atoms with van der Waals surface area (Å²) in [5.41, 5.74) is 16.7. The Morgan fingerprint density at radius 1 is 0.812 bits per heavy atom. The van der Waals surface area contributed by atoms with E-state index in [-0.39, 0.29) is 53.9 Å². The summed E-state index contributed by atoms with van der Waals surface area (Å²) in [5, 5.41) is 10.2. The molecule has 1 unspecified atom stereocenters. The second-order valence-electron chi connectivity index (χ2n) is 14.3. The van der Waals surface area contributed by atoms with Crippen molar-refractivity contribution in [2.45, 2.75) is 94.5 Å². The maximum absolute atomic E-state index is 13.7. The van der Waals surface area contributed by atoms with Crippen molar-refractivity contribution in [3.63, 3.8) is 0 Å². The predicted octanol–water partition coefficient (Wildman–Crippen LogP) is 4.79. The molecule has 0 aliphatic carbocycles. The predicted molar refractivity (Wildman–Crippen MR) is 241 cm³/mol. The van der Waals surface area contributed by atoms with Crippen LogP contribution in [-0.2, 0) is 30.8 Å². The molecule has 1 atom stereocenters. The van der Waals surface area contributed by atoms with Gasteiger partial charge >= 0.3 is 0 Å². The first kappa shape index (κ1) is 49.1. The summed E-state index contributed by atoms with van der Waals surface area (Å²) < 4.78 is 22.8. The maximum atomic E-state index is 13.7. The van der Waals surface area contributed by atoms with Gasteiger partial charge in [0.25, 0.3) is 11.8 Å². The number of hydrogen-bond acceptors (Lipinski definition) is 13. The zero-order chi connectivity index (χ0) is 47.4. The number of aryl methyl sites for hydroxylation is 4. The van der Waals surface area contributed by atoms with Crippen molar-refractivity contribution in [1.82, 2.24) is 39.3 Å². The molecule has 9 N–H and O–H groups in total. The average molecular weight is 884 g/mol. The number of anilines is 2. The van der Waals surface area contributed by atoms with Gasteiger partial charge in [-0.1, -0.05) is 46.8 Å². The van der Waals surface area contributed by atoms with Gasteiger partial charge in [-0.25, -0.2) is 20.8 Å². The number of hydrogen-bond donors (Lipinski definition) is 6. The monoisotopic (exact) mass is 883 g/mol. The highest BCUT2D eigenvalue weighted by molar-refractivity contribution is 6.05. The van der Waals surface area contributed by atoms with Gasteiger partial charge in [0, 0.05) is 37.7 Å². The van der Waals surface area contributed by atoms with Crippen LogP contribution in [0.1, 0.15) is 108 Å². The molecular weight excluding hydrogens is 827 g/mol. The van der Waals surface area contributed by atoms with E-state index >= 15 is 0 Å². The lowest BCUT2D eigenvalue weighted by Crippen LogP contribution is -2.21. The Morgan fingerprint density at radius 3 is 1.80 bits per heavy atom. The van der Waals surface area contributed by atoms with Crippen molar-refractivity contribution >= 4 is 64.0 Å². The van der Waals surface area contributed by atoms with Crippen LogP contribution in [0.5, 0.6) is 11.5 Å². The van der Waals surface area contributed by atoms with Crippen LogP contribution in [0.25, 0.3) is 22.1 Å². The van der Waals surface area contributed by atoms with Gasteiger partial charge in [-0.15, -0.1) is 0 Å². The molecule has 342 valence electrons. The Kier molecular flexibility index (Phi) is 16.9. The number of allylic oxidation sites excluding steroid dienone is 2. The lowest BCUT2D eigenvalue weighted by molar-refractivity contribution is -0.109. The number of imidazole rings is 2. The molecule has 5 amide bonds. The largest absolute Gasteiger partial charge is 0.494 e. The minimum atomic E-state index is -0.677. The lowest BCUT2D eigenvalue weighted by Gasteiger charge is -2.20. The maximum Gasteiger partial charge on any atom is 0.295 e. The topological polar surface area (TPSA) is 297 Å². The van der Waals surface area contributed by atoms with E-state index in [1.807, 2.05) is 60.6 Å². The number of nitrogens with two attached hydrogens (primary N) is 3. The van der Waals surface area contributed by atoms with E-state index in [1.54, 1.807) is 51.3 Å². The van der Waals surface area contributed by atoms with Crippen molar-refractivity contribution in [3.05, 3.63) is 82.3 Å². The molecule has 64 heavy (non-hydrogen) atoms. The van der Waals surface area contributed by atoms with E-state index in [4.69, 9.17) is 35.1 Å². The fourth-order valence-corrected chi connectivity index (χ4v) is 6.41. The van der Waals surface area contributed by atoms with E-state index in [0.717, 1.165) is 0 Å². The molecular formula is C43H57N13O8. The second kappa shape index (κ2) is 22.0. The summed E-state index contributed by atoms with van der Waals surface area (Å²) in [5.74, 6) is 3.59. The quantitative estimate of drug-likeness (QED) is 0.0236. The first-order valence-electron chi connectivity index (χ1n) is 20.6. The lowest BCUT2D eigenvalue weighted by atomic mass is 10.1. The number of amides is 5. The van der Waals surface area contributed by atoms with Gasteiger partial charge < -0.3 is 34.5 Å². The number of aromatic nitrogens is 7. The number of nitrogens with one attached hydrogen (secondary N) is 3. The molecule has 4 heterocycles. The number of fused-ring (bicyclic) bond motifs is 2. The smallest absolute Gasteiger partial charge is 0.295 e. The van der Waals surface area contributed by atoms with Gasteiger partial charge in [0.2, 0.25) is 35.9 Å². The first-order chi connectivity index (χ1) is 30.5. The van der Waals surface area contributed by atoms with Crippen LogP contribution in [-0.4, -0.2) is 77.1 Å². The minimum absolute atomic E-state index is 0.0574. The molecule has 21 nitrogen and oxygen atoms in total. The highest BCUT2D eigenvalue weighted by Crippen LogP contribution is 2.34. The highest BCUT2D eigenvalue weighted by atomic mass is 16.5. The van der Waals surface area contributed by atoms with Crippen LogP contribution in [0.15, 0.2) is 46.9 Å². The molecule has 0 aliphatic rings. The van der Waals surface area contributed by atoms with Crippen LogP contribution >= 0.6 is 0 Å². The van der Waals surface area contributed by atoms with Gasteiger partial charge in [0.05, 0.1) is 35.6 Å². The molecule has 4 aromatic heterocycles. The molecule has 0 fully saturated rings. The third-order valence-corrected chi connectivity index (χ3v) is 9.70. The van der Waals surface area contributed by atoms with E-state index in [2.05, 4.69) is 31.5 Å². The van der Waals surface area contributed by atoms with Crippen molar-refractivity contribution in [1.29, 1.82) is 0 Å². The Hall–Kier alpha value is -7.55. The molecule has 2 aromatic carbocycles. The number of benzene rings is 2. The number of methoxy groups -OCH3 is 1. The molecule has 0 radical (unpaired) electrons. The van der Waals surface area contributed by atoms with Gasteiger partial charge in [-0.05, 0) is 63.4 Å². The number of primary amides is 2. The summed E-state index contributed by atoms with van der Waals surface area (Å²) >= 11 is 0. The normalized spacial score (nSPS) is 11.4. The molecule has 21 heteroatoms. The molecule has 0 saturated heterocycles. The Labute approximate surface area is 369 Å². The molecule has 6 rings (SSSR count). The SMILES string of the molecule is CC.CCc1nc(C)oc1C(=O)Nc1nc2cc(C(N)=O)cc(OC)c2n1C/C=C/Cn1c(NC(=O)c2cc(C)nn2CC)nc2cc(C(N)=O)cc(OC(C)C(C)C)c21.NNC=O. The summed E-state index contributed by atoms with van der Waals surface area (Å²) in [7, 11) is 1.45. The zero-order valence-electron chi connectivity index (χ0n) is 37.7. The van der Waals surface area contributed by atoms with E-state index in [9.17, 15) is 19.2 Å². The summed E-state index contributed by atoms with van der Waals surface area (Å²) in [6, 6.07) is 7.84. The number of rotatable bonds is 17. The average Bonchev–Trinajstić information content (AvgIpc) is 4.04. The number of ether oxygens (including phenoxy) is 2. The first-order valence-corrected chi connectivity index (χ1v) is 20.6. The second-order valence-corrected chi connectivity index (χ2v) is 14.3. The zero-order valence-corrected chi connectivity index (χ0v) is 37.7. The van der Waals surface area contributed by atoms with Gasteiger partial charge in [0.1, 0.15) is 28.2 Å². The molecule has 0 spiro atoms.